The van der Waals surface area contributed by atoms with E-state index in [9.17, 15) is 24.3 Å². The van der Waals surface area contributed by atoms with Gasteiger partial charge < -0.3 is 15.2 Å². The zero-order chi connectivity index (χ0) is 23.7. The number of carbonyl (C=O) groups is 4. The molecule has 0 radical (unpaired) electrons. The molecule has 0 spiro atoms. The van der Waals surface area contributed by atoms with Crippen LogP contribution in [0.3, 0.4) is 0 Å². The first kappa shape index (κ1) is 25.5. The van der Waals surface area contributed by atoms with E-state index in [0.29, 0.717) is 17.7 Å². The number of halogens is 4. The van der Waals surface area contributed by atoms with Gasteiger partial charge in [-0.15, -0.1) is 0 Å². The smallest absolute Gasteiger partial charge is 0.407 e. The Bertz CT molecular complexity index is 898. The third kappa shape index (κ3) is 5.55. The van der Waals surface area contributed by atoms with Crippen molar-refractivity contribution in [3.63, 3.8) is 0 Å². The van der Waals surface area contributed by atoms with Crippen LogP contribution in [0.15, 0.2) is 0 Å². The van der Waals surface area contributed by atoms with Crippen molar-refractivity contribution >= 4 is 70.3 Å². The number of alkyl carbamates (subject to hydrolysis) is 1. The van der Waals surface area contributed by atoms with Gasteiger partial charge in [-0.2, -0.15) is 0 Å². The van der Waals surface area contributed by atoms with Crippen molar-refractivity contribution in [1.29, 1.82) is 0 Å². The van der Waals surface area contributed by atoms with Crippen LogP contribution in [-0.2, 0) is 9.53 Å². The molecule has 3 amide bonds. The van der Waals surface area contributed by atoms with Crippen LogP contribution in [0.5, 0.6) is 0 Å². The Kier molecular flexibility index (Phi) is 8.08. The maximum atomic E-state index is 12.8. The van der Waals surface area contributed by atoms with Crippen LogP contribution >= 0.6 is 46.4 Å². The Balaban J connectivity index is 2.09. The number of nitrogens with zero attached hydrogens (tertiary/aromatic N) is 1. The number of carboxylic acids is 1. The number of hydrogen-bond donors (Lipinski definition) is 2. The van der Waals surface area contributed by atoms with Gasteiger partial charge in [0.15, 0.2) is 0 Å². The van der Waals surface area contributed by atoms with E-state index in [4.69, 9.17) is 51.1 Å². The fourth-order valence-electron chi connectivity index (χ4n) is 2.98. The fraction of sp³-hybridized carbons (Fsp3) is 0.474. The summed E-state index contributed by atoms with van der Waals surface area (Å²) in [5.74, 6) is -3.20. The van der Waals surface area contributed by atoms with Crippen LogP contribution in [0, 0.1) is 0 Å². The highest BCUT2D eigenvalue weighted by Crippen LogP contribution is 2.45. The summed E-state index contributed by atoms with van der Waals surface area (Å²) in [7, 11) is 0. The van der Waals surface area contributed by atoms with Gasteiger partial charge in [0.1, 0.15) is 11.6 Å². The van der Waals surface area contributed by atoms with Gasteiger partial charge in [0.05, 0.1) is 31.2 Å². The van der Waals surface area contributed by atoms with Crippen molar-refractivity contribution in [1.82, 2.24) is 10.2 Å². The van der Waals surface area contributed by atoms with Gasteiger partial charge >= 0.3 is 12.1 Å². The lowest BCUT2D eigenvalue weighted by Gasteiger charge is -2.22. The number of amides is 3. The first-order chi connectivity index (χ1) is 14.3. The molecule has 0 aliphatic carbocycles. The van der Waals surface area contributed by atoms with Gasteiger partial charge in [-0.05, 0) is 40.0 Å². The molecule has 0 saturated heterocycles. The number of carboxylic acid groups (broad SMARTS) is 1. The van der Waals surface area contributed by atoms with Crippen molar-refractivity contribution in [2.75, 3.05) is 6.54 Å². The minimum Gasteiger partial charge on any atom is -0.480 e. The fourth-order valence-corrected chi connectivity index (χ4v) is 3.99. The van der Waals surface area contributed by atoms with Crippen LogP contribution in [0.1, 0.15) is 60.7 Å². The number of carbonyl (C=O) groups excluding carboxylic acids is 3. The standard InChI is InChI=1S/C19H20Cl4N2O6/c1-19(2,3)31-18(30)24-7-5-4-6-8(17(28)29)25-15(26)9-10(16(25)27)12(21)14(23)13(22)11(9)20/h8H,4-7H2,1-3H3,(H,24,30)(H,28,29). The third-order valence-corrected chi connectivity index (χ3v) is 6.10. The third-order valence-electron chi connectivity index (χ3n) is 4.30. The summed E-state index contributed by atoms with van der Waals surface area (Å²) in [6, 6.07) is -1.46. The molecule has 170 valence electrons. The highest BCUT2D eigenvalue weighted by molar-refractivity contribution is 6.55. The second kappa shape index (κ2) is 9.81. The van der Waals surface area contributed by atoms with Crippen molar-refractivity contribution in [2.24, 2.45) is 0 Å². The molecule has 1 aliphatic heterocycles. The molecule has 1 atom stereocenters. The number of unbranched alkanes of at least 4 members (excludes halogenated alkanes) is 1. The molecule has 8 nitrogen and oxygen atoms in total. The van der Waals surface area contributed by atoms with E-state index in [0.717, 1.165) is 0 Å². The van der Waals surface area contributed by atoms with Crippen LogP contribution < -0.4 is 5.32 Å². The summed E-state index contributed by atoms with van der Waals surface area (Å²) >= 11 is 24.1. The van der Waals surface area contributed by atoms with E-state index in [-0.39, 0.29) is 44.2 Å². The molecule has 1 aliphatic rings. The Morgan fingerprint density at radius 3 is 1.87 bits per heavy atom. The number of benzene rings is 1. The van der Waals surface area contributed by atoms with Gasteiger partial charge in [-0.3, -0.25) is 14.5 Å². The lowest BCUT2D eigenvalue weighted by Crippen LogP contribution is -2.45. The quantitative estimate of drug-likeness (QED) is 0.228. The second-order valence-corrected chi connectivity index (χ2v) is 9.28. The van der Waals surface area contributed by atoms with Crippen molar-refractivity contribution in [3.05, 3.63) is 31.2 Å². The molecule has 1 aromatic rings. The summed E-state index contributed by atoms with van der Waals surface area (Å²) in [6.07, 6.45) is 0.0443. The number of hydrogen-bond acceptors (Lipinski definition) is 5. The molecule has 31 heavy (non-hydrogen) atoms. The average Bonchev–Trinajstić information content (AvgIpc) is 2.90. The number of rotatable bonds is 7. The van der Waals surface area contributed by atoms with Gasteiger partial charge in [0.2, 0.25) is 0 Å². The minimum absolute atomic E-state index is 0.0481. The monoisotopic (exact) mass is 512 g/mol. The van der Waals surface area contributed by atoms with Gasteiger partial charge in [0, 0.05) is 6.54 Å². The first-order valence-corrected chi connectivity index (χ1v) is 10.7. The maximum absolute atomic E-state index is 12.8. The number of imide groups is 1. The van der Waals surface area contributed by atoms with Crippen molar-refractivity contribution in [3.8, 4) is 0 Å². The van der Waals surface area contributed by atoms with E-state index in [1.165, 1.54) is 0 Å². The molecule has 1 heterocycles. The minimum atomic E-state index is -1.46. The Labute approximate surface area is 198 Å². The Morgan fingerprint density at radius 1 is 0.968 bits per heavy atom. The second-order valence-electron chi connectivity index (χ2n) is 7.76. The summed E-state index contributed by atoms with van der Waals surface area (Å²) in [5.41, 5.74) is -1.19. The van der Waals surface area contributed by atoms with Gasteiger partial charge in [-0.1, -0.05) is 46.4 Å². The van der Waals surface area contributed by atoms with Crippen LogP contribution in [-0.4, -0.2) is 52.1 Å². The largest absolute Gasteiger partial charge is 0.480 e. The van der Waals surface area contributed by atoms with E-state index < -0.39 is 35.5 Å². The Hall–Kier alpha value is -1.74. The summed E-state index contributed by atoms with van der Waals surface area (Å²) in [6.45, 7) is 5.41. The molecule has 1 aromatic carbocycles. The van der Waals surface area contributed by atoms with E-state index >= 15 is 0 Å². The predicted molar refractivity (Wildman–Crippen MR) is 116 cm³/mol. The predicted octanol–water partition coefficient (Wildman–Crippen LogP) is 5.04. The molecule has 1 unspecified atom stereocenters. The molecule has 12 heteroatoms. The molecular formula is C19H20Cl4N2O6. The van der Waals surface area contributed by atoms with Crippen molar-refractivity contribution < 1.29 is 29.0 Å². The molecule has 0 bridgehead atoms. The highest BCUT2D eigenvalue weighted by atomic mass is 35.5. The van der Waals surface area contributed by atoms with Crippen LogP contribution in [0.25, 0.3) is 0 Å². The maximum Gasteiger partial charge on any atom is 0.407 e. The molecule has 2 rings (SSSR count). The van der Waals surface area contributed by atoms with Gasteiger partial charge in [-0.25, -0.2) is 9.59 Å². The average molecular weight is 514 g/mol. The van der Waals surface area contributed by atoms with Gasteiger partial charge in [0.25, 0.3) is 11.8 Å². The summed E-state index contributed by atoms with van der Waals surface area (Å²) in [5, 5.41) is 11.2. The lowest BCUT2D eigenvalue weighted by molar-refractivity contribution is -0.141. The molecule has 0 fully saturated rings. The van der Waals surface area contributed by atoms with Crippen LogP contribution in [0.2, 0.25) is 20.1 Å². The normalized spacial score (nSPS) is 14.5. The van der Waals surface area contributed by atoms with E-state index in [2.05, 4.69) is 5.32 Å². The molecule has 0 aromatic heterocycles. The van der Waals surface area contributed by atoms with Crippen molar-refractivity contribution in [2.45, 2.75) is 51.7 Å². The molecule has 2 N–H and O–H groups in total. The molecule has 0 saturated carbocycles. The highest BCUT2D eigenvalue weighted by Gasteiger charge is 2.46. The summed E-state index contributed by atoms with van der Waals surface area (Å²) < 4.78 is 5.10. The topological polar surface area (TPSA) is 113 Å². The number of fused-ring (bicyclic) bond motifs is 1. The summed E-state index contributed by atoms with van der Waals surface area (Å²) in [4.78, 5) is 49.7. The zero-order valence-electron chi connectivity index (χ0n) is 16.9. The Morgan fingerprint density at radius 2 is 1.45 bits per heavy atom. The first-order valence-electron chi connectivity index (χ1n) is 9.21. The SMILES string of the molecule is CC(C)(C)OC(=O)NCCCCC(C(=O)O)N1C(=O)c2c(Cl)c(Cl)c(Cl)c(Cl)c2C1=O. The van der Waals surface area contributed by atoms with E-state index in [1.807, 2.05) is 0 Å². The number of aliphatic carboxylic acids is 1. The lowest BCUT2D eigenvalue weighted by atomic mass is 10.1. The van der Waals surface area contributed by atoms with Crippen LogP contribution in [0.4, 0.5) is 4.79 Å². The number of nitrogens with one attached hydrogen (secondary N) is 1. The molecular weight excluding hydrogens is 494 g/mol. The zero-order valence-corrected chi connectivity index (χ0v) is 19.9. The number of ether oxygens (including phenoxy) is 1. The van der Waals surface area contributed by atoms with E-state index in [1.54, 1.807) is 20.8 Å².